The zero-order valence-electron chi connectivity index (χ0n) is 15.6. The molecule has 1 aromatic heterocycles. The first-order valence-corrected chi connectivity index (χ1v) is 9.55. The molecule has 27 heavy (non-hydrogen) atoms. The minimum Gasteiger partial charge on any atom is -0.299 e. The summed E-state index contributed by atoms with van der Waals surface area (Å²) < 4.78 is 0. The van der Waals surface area contributed by atoms with E-state index in [0.29, 0.717) is 12.2 Å². The van der Waals surface area contributed by atoms with Crippen LogP contribution in [0, 0.1) is 11.3 Å². The number of hydrogen-bond acceptors (Lipinski definition) is 3. The van der Waals surface area contributed by atoms with Crippen LogP contribution < -0.4 is 0 Å². The Hall–Kier alpha value is -2.81. The highest BCUT2D eigenvalue weighted by molar-refractivity contribution is 6.12. The Labute approximate surface area is 159 Å². The number of ketones is 1. The predicted molar refractivity (Wildman–Crippen MR) is 109 cm³/mol. The maximum atomic E-state index is 13.3. The Balaban J connectivity index is 1.82. The first kappa shape index (κ1) is 16.4. The van der Waals surface area contributed by atoms with Crippen molar-refractivity contribution in [3.8, 4) is 0 Å². The SMILES string of the molecule is CC1(C)CC(=O)C2C(=Nc3ccc4ccccc4c3C2c2cccnc2)C1. The van der Waals surface area contributed by atoms with Crippen molar-refractivity contribution < 1.29 is 4.79 Å². The lowest BCUT2D eigenvalue weighted by molar-refractivity contribution is -0.124. The van der Waals surface area contributed by atoms with E-state index in [1.165, 1.54) is 16.3 Å². The lowest BCUT2D eigenvalue weighted by atomic mass is 9.63. The lowest BCUT2D eigenvalue weighted by Crippen LogP contribution is -2.42. The van der Waals surface area contributed by atoms with Crippen LogP contribution in [-0.4, -0.2) is 16.5 Å². The van der Waals surface area contributed by atoms with Crippen LogP contribution >= 0.6 is 0 Å². The van der Waals surface area contributed by atoms with Gasteiger partial charge < -0.3 is 0 Å². The van der Waals surface area contributed by atoms with Crippen molar-refractivity contribution in [2.45, 2.75) is 32.6 Å². The average Bonchev–Trinajstić information content (AvgIpc) is 2.66. The second-order valence-corrected chi connectivity index (χ2v) is 8.55. The van der Waals surface area contributed by atoms with E-state index in [1.807, 2.05) is 12.3 Å². The second-order valence-electron chi connectivity index (χ2n) is 8.55. The highest BCUT2D eigenvalue weighted by Crippen LogP contribution is 2.50. The number of Topliss-reactive ketones (excluding diaryl/α,β-unsaturated/α-hetero) is 1. The van der Waals surface area contributed by atoms with Gasteiger partial charge in [0.25, 0.3) is 0 Å². The first-order valence-electron chi connectivity index (χ1n) is 9.55. The highest BCUT2D eigenvalue weighted by Gasteiger charge is 2.46. The molecule has 5 rings (SSSR count). The molecule has 134 valence electrons. The molecule has 2 unspecified atom stereocenters. The van der Waals surface area contributed by atoms with Crippen molar-refractivity contribution in [2.24, 2.45) is 16.3 Å². The minimum atomic E-state index is -0.180. The third kappa shape index (κ3) is 2.61. The van der Waals surface area contributed by atoms with Gasteiger partial charge in [-0.25, -0.2) is 0 Å². The fourth-order valence-electron chi connectivity index (χ4n) is 4.87. The summed E-state index contributed by atoms with van der Waals surface area (Å²) in [5.41, 5.74) is 4.27. The first-order chi connectivity index (χ1) is 13.0. The van der Waals surface area contributed by atoms with E-state index in [4.69, 9.17) is 4.99 Å². The van der Waals surface area contributed by atoms with Crippen LogP contribution in [0.1, 0.15) is 43.7 Å². The molecular weight excluding hydrogens is 332 g/mol. The molecule has 3 nitrogen and oxygen atoms in total. The molecule has 1 aliphatic carbocycles. The molecule has 2 aromatic carbocycles. The molecule has 2 heterocycles. The van der Waals surface area contributed by atoms with E-state index in [-0.39, 0.29) is 17.3 Å². The molecule has 0 spiro atoms. The largest absolute Gasteiger partial charge is 0.299 e. The maximum absolute atomic E-state index is 13.3. The van der Waals surface area contributed by atoms with Crippen molar-refractivity contribution in [2.75, 3.05) is 0 Å². The van der Waals surface area contributed by atoms with Crippen LogP contribution in [0.3, 0.4) is 0 Å². The molecule has 0 saturated heterocycles. The molecule has 2 atom stereocenters. The molecule has 0 N–H and O–H groups in total. The smallest absolute Gasteiger partial charge is 0.143 e. The summed E-state index contributed by atoms with van der Waals surface area (Å²) in [5.74, 6) is 0.105. The van der Waals surface area contributed by atoms with Gasteiger partial charge in [0.2, 0.25) is 0 Å². The van der Waals surface area contributed by atoms with Crippen LogP contribution in [0.5, 0.6) is 0 Å². The Morgan fingerprint density at radius 1 is 0.963 bits per heavy atom. The fourth-order valence-corrected chi connectivity index (χ4v) is 4.87. The quantitative estimate of drug-likeness (QED) is 0.582. The Kier molecular flexibility index (Phi) is 3.55. The maximum Gasteiger partial charge on any atom is 0.143 e. The van der Waals surface area contributed by atoms with Crippen LogP contribution in [0.4, 0.5) is 5.69 Å². The third-order valence-corrected chi connectivity index (χ3v) is 5.92. The second kappa shape index (κ2) is 5.85. The van der Waals surface area contributed by atoms with E-state index < -0.39 is 0 Å². The summed E-state index contributed by atoms with van der Waals surface area (Å²) in [4.78, 5) is 22.6. The van der Waals surface area contributed by atoms with Gasteiger partial charge in [-0.05, 0) is 45.9 Å². The van der Waals surface area contributed by atoms with Crippen molar-refractivity contribution >= 4 is 28.0 Å². The van der Waals surface area contributed by atoms with Gasteiger partial charge in [-0.15, -0.1) is 0 Å². The molecule has 1 aliphatic heterocycles. The summed E-state index contributed by atoms with van der Waals surface area (Å²) in [7, 11) is 0. The van der Waals surface area contributed by atoms with Gasteiger partial charge in [0.05, 0.1) is 11.6 Å². The monoisotopic (exact) mass is 354 g/mol. The van der Waals surface area contributed by atoms with E-state index in [1.54, 1.807) is 6.20 Å². The average molecular weight is 354 g/mol. The molecule has 0 bridgehead atoms. The van der Waals surface area contributed by atoms with Gasteiger partial charge >= 0.3 is 0 Å². The van der Waals surface area contributed by atoms with Crippen LogP contribution in [0.15, 0.2) is 65.9 Å². The standard InChI is InChI=1S/C24H22N2O/c1-24(2)12-19-23(20(27)13-24)21(16-7-5-11-25-14-16)22-17-8-4-3-6-15(17)9-10-18(22)26-19/h3-11,14,21,23H,12-13H2,1-2H3. The molecule has 0 amide bonds. The summed E-state index contributed by atoms with van der Waals surface area (Å²) in [6.45, 7) is 4.33. The number of carbonyl (C=O) groups excluding carboxylic acids is 1. The molecule has 2 aliphatic rings. The number of benzene rings is 2. The highest BCUT2D eigenvalue weighted by atomic mass is 16.1. The number of carbonyl (C=O) groups is 1. The zero-order valence-corrected chi connectivity index (χ0v) is 15.6. The number of fused-ring (bicyclic) bond motifs is 4. The van der Waals surface area contributed by atoms with Gasteiger partial charge in [-0.1, -0.05) is 50.2 Å². The zero-order chi connectivity index (χ0) is 18.6. The third-order valence-electron chi connectivity index (χ3n) is 5.92. The van der Waals surface area contributed by atoms with Gasteiger partial charge in [0, 0.05) is 30.4 Å². The summed E-state index contributed by atoms with van der Waals surface area (Å²) >= 11 is 0. The van der Waals surface area contributed by atoms with E-state index in [0.717, 1.165) is 23.4 Å². The number of hydrogen-bond donors (Lipinski definition) is 0. The molecule has 1 saturated carbocycles. The van der Waals surface area contributed by atoms with Gasteiger partial charge in [-0.3, -0.25) is 14.8 Å². The van der Waals surface area contributed by atoms with Gasteiger partial charge in [0.15, 0.2) is 0 Å². The molecule has 3 heteroatoms. The van der Waals surface area contributed by atoms with Gasteiger partial charge in [0.1, 0.15) is 5.78 Å². The van der Waals surface area contributed by atoms with E-state index in [9.17, 15) is 4.79 Å². The summed E-state index contributed by atoms with van der Waals surface area (Å²) in [5, 5.41) is 2.37. The van der Waals surface area contributed by atoms with Crippen LogP contribution in [0.2, 0.25) is 0 Å². The topological polar surface area (TPSA) is 42.3 Å². The molecular formula is C24H22N2O. The van der Waals surface area contributed by atoms with Crippen molar-refractivity contribution in [3.63, 3.8) is 0 Å². The summed E-state index contributed by atoms with van der Waals surface area (Å²) in [6.07, 6.45) is 5.17. The van der Waals surface area contributed by atoms with Crippen molar-refractivity contribution in [1.29, 1.82) is 0 Å². The lowest BCUT2D eigenvalue weighted by Gasteiger charge is -2.41. The summed E-state index contributed by atoms with van der Waals surface area (Å²) in [6, 6.07) is 16.7. The molecule has 1 fully saturated rings. The molecule has 3 aromatic rings. The minimum absolute atomic E-state index is 0.0177. The van der Waals surface area contributed by atoms with E-state index >= 15 is 0 Å². The molecule has 0 radical (unpaired) electrons. The van der Waals surface area contributed by atoms with E-state index in [2.05, 4.69) is 61.3 Å². The number of nitrogens with zero attached hydrogens (tertiary/aromatic N) is 2. The number of rotatable bonds is 1. The number of aliphatic imine (C=N–C) groups is 1. The fraction of sp³-hybridized carbons (Fsp3) is 0.292. The Morgan fingerprint density at radius 3 is 2.63 bits per heavy atom. The normalized spacial score (nSPS) is 23.5. The van der Waals surface area contributed by atoms with Gasteiger partial charge in [-0.2, -0.15) is 0 Å². The Morgan fingerprint density at radius 2 is 1.81 bits per heavy atom. The van der Waals surface area contributed by atoms with Crippen molar-refractivity contribution in [1.82, 2.24) is 4.98 Å². The Bertz CT molecular complexity index is 1080. The van der Waals surface area contributed by atoms with Crippen LogP contribution in [-0.2, 0) is 4.79 Å². The number of aromatic nitrogens is 1. The van der Waals surface area contributed by atoms with Crippen molar-refractivity contribution in [3.05, 3.63) is 72.1 Å². The van der Waals surface area contributed by atoms with Crippen LogP contribution in [0.25, 0.3) is 10.8 Å². The predicted octanol–water partition coefficient (Wildman–Crippen LogP) is 5.46. The number of pyridine rings is 1.